The largest absolute Gasteiger partial charge is 0.363 e. The fourth-order valence-corrected chi connectivity index (χ4v) is 1.05. The van der Waals surface area contributed by atoms with Crippen molar-refractivity contribution in [3.63, 3.8) is 0 Å². The molecule has 0 spiro atoms. The van der Waals surface area contributed by atoms with Gasteiger partial charge < -0.3 is 5.11 Å². The molecule has 62 valence electrons. The summed E-state index contributed by atoms with van der Waals surface area (Å²) in [4.78, 5) is 9.34. The minimum absolute atomic E-state index is 0.166. The van der Waals surface area contributed by atoms with Gasteiger partial charge in [0.2, 0.25) is 5.79 Å². The molecule has 0 radical (unpaired) electrons. The highest BCUT2D eigenvalue weighted by Gasteiger charge is 2.41. The first-order valence-electron chi connectivity index (χ1n) is 3.49. The van der Waals surface area contributed by atoms with Crippen molar-refractivity contribution in [1.82, 2.24) is 0 Å². The van der Waals surface area contributed by atoms with E-state index in [0.717, 1.165) is 0 Å². The quantitative estimate of drug-likeness (QED) is 0.489. The normalized spacial score (nSPS) is 37.0. The second kappa shape index (κ2) is 3.17. The number of hydrogen-bond acceptors (Lipinski definition) is 3. The third-order valence-corrected chi connectivity index (χ3v) is 1.75. The van der Waals surface area contributed by atoms with Gasteiger partial charge in [-0.25, -0.2) is 9.78 Å². The van der Waals surface area contributed by atoms with Gasteiger partial charge in [0.15, 0.2) is 0 Å². The molecule has 0 amide bonds. The molecule has 1 rings (SSSR count). The van der Waals surface area contributed by atoms with Gasteiger partial charge in [0.05, 0.1) is 12.5 Å². The molecule has 0 bridgehead atoms. The summed E-state index contributed by atoms with van der Waals surface area (Å²) in [5.41, 5.74) is 0. The summed E-state index contributed by atoms with van der Waals surface area (Å²) in [6.07, 6.45) is 3.56. The maximum absolute atomic E-state index is 9.66. The average Bonchev–Trinajstić information content (AvgIpc) is 2.31. The molecule has 1 aliphatic rings. The molecular weight excluding hydrogens is 144 g/mol. The van der Waals surface area contributed by atoms with E-state index in [-0.39, 0.29) is 5.92 Å². The zero-order chi connectivity index (χ0) is 8.32. The van der Waals surface area contributed by atoms with Crippen molar-refractivity contribution >= 4 is 0 Å². The molecule has 2 unspecified atom stereocenters. The van der Waals surface area contributed by atoms with Crippen molar-refractivity contribution in [2.45, 2.75) is 12.2 Å². The Balaban J connectivity index is 2.65. The van der Waals surface area contributed by atoms with Gasteiger partial charge >= 0.3 is 0 Å². The molecule has 3 heteroatoms. The number of aliphatic hydroxyl groups is 1. The Morgan fingerprint density at radius 3 is 2.91 bits per heavy atom. The second-order valence-electron chi connectivity index (χ2n) is 2.55. The molecule has 1 fully saturated rings. The smallest absolute Gasteiger partial charge is 0.211 e. The van der Waals surface area contributed by atoms with Crippen LogP contribution in [-0.4, -0.2) is 17.5 Å². The monoisotopic (exact) mass is 156 g/mol. The van der Waals surface area contributed by atoms with E-state index in [1.807, 2.05) is 0 Å². The zero-order valence-corrected chi connectivity index (χ0v) is 6.32. The highest BCUT2D eigenvalue weighted by molar-refractivity contribution is 4.95. The molecule has 0 aliphatic carbocycles. The fourth-order valence-electron chi connectivity index (χ4n) is 1.05. The van der Waals surface area contributed by atoms with Crippen LogP contribution in [0.1, 0.15) is 6.42 Å². The Bertz CT molecular complexity index is 167. The molecule has 11 heavy (non-hydrogen) atoms. The average molecular weight is 156 g/mol. The first-order chi connectivity index (χ1) is 5.23. The molecule has 0 aromatic carbocycles. The van der Waals surface area contributed by atoms with Crippen LogP contribution in [0.4, 0.5) is 0 Å². The third-order valence-electron chi connectivity index (χ3n) is 1.75. The first-order valence-corrected chi connectivity index (χ1v) is 3.49. The minimum Gasteiger partial charge on any atom is -0.363 e. The van der Waals surface area contributed by atoms with E-state index in [9.17, 15) is 5.11 Å². The topological polar surface area (TPSA) is 38.7 Å². The van der Waals surface area contributed by atoms with Crippen LogP contribution < -0.4 is 0 Å². The van der Waals surface area contributed by atoms with Crippen molar-refractivity contribution in [1.29, 1.82) is 0 Å². The van der Waals surface area contributed by atoms with Crippen LogP contribution in [0.3, 0.4) is 0 Å². The van der Waals surface area contributed by atoms with Gasteiger partial charge in [-0.2, -0.15) is 0 Å². The summed E-state index contributed by atoms with van der Waals surface area (Å²) in [6.45, 7) is 7.43. The molecular formula is C8H12O3. The molecule has 0 aromatic heterocycles. The molecule has 3 nitrogen and oxygen atoms in total. The van der Waals surface area contributed by atoms with Crippen LogP contribution in [0, 0.1) is 5.92 Å². The Labute approximate surface area is 65.9 Å². The van der Waals surface area contributed by atoms with Gasteiger partial charge in [0, 0.05) is 6.42 Å². The van der Waals surface area contributed by atoms with Crippen molar-refractivity contribution in [3.8, 4) is 0 Å². The van der Waals surface area contributed by atoms with E-state index in [1.54, 1.807) is 12.2 Å². The van der Waals surface area contributed by atoms with Crippen LogP contribution >= 0.6 is 0 Å². The van der Waals surface area contributed by atoms with Crippen molar-refractivity contribution in [2.24, 2.45) is 5.92 Å². The molecule has 1 saturated heterocycles. The van der Waals surface area contributed by atoms with Crippen molar-refractivity contribution in [3.05, 3.63) is 25.3 Å². The van der Waals surface area contributed by atoms with Crippen molar-refractivity contribution in [2.75, 3.05) is 6.61 Å². The minimum atomic E-state index is -1.25. The Kier molecular flexibility index (Phi) is 2.44. The van der Waals surface area contributed by atoms with Crippen LogP contribution in [0.25, 0.3) is 0 Å². The number of hydrogen-bond donors (Lipinski definition) is 1. The summed E-state index contributed by atoms with van der Waals surface area (Å²) in [6, 6.07) is 0. The van der Waals surface area contributed by atoms with E-state index in [0.29, 0.717) is 13.0 Å². The van der Waals surface area contributed by atoms with E-state index >= 15 is 0 Å². The summed E-state index contributed by atoms with van der Waals surface area (Å²) >= 11 is 0. The standard InChI is InChI=1S/C8H12O3/c1-3-5-8(9)7(4-2)6-10-11-8/h3-4,7,9H,1-2,5-6H2. The van der Waals surface area contributed by atoms with Crippen molar-refractivity contribution < 1.29 is 14.9 Å². The summed E-state index contributed by atoms with van der Waals surface area (Å²) in [7, 11) is 0. The highest BCUT2D eigenvalue weighted by atomic mass is 17.2. The lowest BCUT2D eigenvalue weighted by Gasteiger charge is -2.21. The summed E-state index contributed by atoms with van der Waals surface area (Å²) < 4.78 is 0. The summed E-state index contributed by atoms with van der Waals surface area (Å²) in [5, 5.41) is 9.66. The van der Waals surface area contributed by atoms with Gasteiger partial charge in [0.25, 0.3) is 0 Å². The lowest BCUT2D eigenvalue weighted by Crippen LogP contribution is -2.33. The molecule has 0 aromatic rings. The first kappa shape index (κ1) is 8.46. The Morgan fingerprint density at radius 1 is 1.64 bits per heavy atom. The predicted molar refractivity (Wildman–Crippen MR) is 40.5 cm³/mol. The van der Waals surface area contributed by atoms with E-state index in [1.165, 1.54) is 0 Å². The van der Waals surface area contributed by atoms with Crippen LogP contribution in [-0.2, 0) is 9.78 Å². The van der Waals surface area contributed by atoms with Gasteiger partial charge in [-0.1, -0.05) is 12.2 Å². The third kappa shape index (κ3) is 1.50. The maximum atomic E-state index is 9.66. The molecule has 1 aliphatic heterocycles. The maximum Gasteiger partial charge on any atom is 0.211 e. The lowest BCUT2D eigenvalue weighted by molar-refractivity contribution is -0.368. The van der Waals surface area contributed by atoms with Gasteiger partial charge in [-0.3, -0.25) is 0 Å². The molecule has 1 heterocycles. The van der Waals surface area contributed by atoms with Crippen LogP contribution in [0.15, 0.2) is 25.3 Å². The van der Waals surface area contributed by atoms with E-state index in [2.05, 4.69) is 18.0 Å². The predicted octanol–water partition coefficient (Wildman–Crippen LogP) is 1.02. The Hall–Kier alpha value is -0.640. The van der Waals surface area contributed by atoms with Gasteiger partial charge in [-0.15, -0.1) is 13.2 Å². The highest BCUT2D eigenvalue weighted by Crippen LogP contribution is 2.30. The molecule has 1 N–H and O–H groups in total. The van der Waals surface area contributed by atoms with Gasteiger partial charge in [-0.05, 0) is 0 Å². The SMILES string of the molecule is C=CCC1(O)OOCC1C=C. The van der Waals surface area contributed by atoms with Crippen LogP contribution in [0.2, 0.25) is 0 Å². The molecule has 2 atom stereocenters. The van der Waals surface area contributed by atoms with Gasteiger partial charge in [0.1, 0.15) is 0 Å². The fraction of sp³-hybridized carbons (Fsp3) is 0.500. The van der Waals surface area contributed by atoms with E-state index in [4.69, 9.17) is 4.89 Å². The zero-order valence-electron chi connectivity index (χ0n) is 6.32. The second-order valence-corrected chi connectivity index (χ2v) is 2.55. The Morgan fingerprint density at radius 2 is 2.36 bits per heavy atom. The van der Waals surface area contributed by atoms with E-state index < -0.39 is 5.79 Å². The number of rotatable bonds is 3. The lowest BCUT2D eigenvalue weighted by atomic mass is 9.97. The summed E-state index contributed by atoms with van der Waals surface area (Å²) in [5.74, 6) is -1.41. The molecule has 0 saturated carbocycles. The van der Waals surface area contributed by atoms with Crippen LogP contribution in [0.5, 0.6) is 0 Å².